The number of phenols is 1. The predicted octanol–water partition coefficient (Wildman–Crippen LogP) is 4.48. The molecule has 172 valence electrons. The van der Waals surface area contributed by atoms with Crippen LogP contribution in [0.25, 0.3) is 10.8 Å². The minimum atomic E-state index is -0.0133. The third kappa shape index (κ3) is 5.27. The average molecular weight is 438 g/mol. The first-order chi connectivity index (χ1) is 14.9. The van der Waals surface area contributed by atoms with Crippen molar-refractivity contribution < 1.29 is 9.84 Å². The number of rotatable bonds is 6. The molecule has 0 spiro atoms. The third-order valence-corrected chi connectivity index (χ3v) is 5.92. The Hall–Kier alpha value is -2.93. The summed E-state index contributed by atoms with van der Waals surface area (Å²) in [4.78, 5) is 6.24. The second-order valence-corrected chi connectivity index (χ2v) is 9.84. The first-order valence-corrected chi connectivity index (χ1v) is 11.0. The number of piperidine rings is 1. The Labute approximate surface area is 190 Å². The minimum absolute atomic E-state index is 0.0133. The molecule has 0 bridgehead atoms. The normalized spacial score (nSPS) is 18.1. The van der Waals surface area contributed by atoms with Crippen molar-refractivity contribution in [1.29, 1.82) is 10.8 Å². The highest BCUT2D eigenvalue weighted by molar-refractivity contribution is 6.13. The zero-order valence-corrected chi connectivity index (χ0v) is 19.9. The Morgan fingerprint density at radius 3 is 2.50 bits per heavy atom. The summed E-state index contributed by atoms with van der Waals surface area (Å²) in [5.41, 5.74) is 0.475. The Kier molecular flexibility index (Phi) is 6.60. The molecule has 0 atom stereocenters. The molecular weight excluding hydrogens is 402 g/mol. The van der Waals surface area contributed by atoms with Crippen molar-refractivity contribution in [3.05, 3.63) is 42.1 Å². The molecule has 1 aliphatic heterocycles. The topological polar surface area (TPSA) is 105 Å². The fourth-order valence-corrected chi connectivity index (χ4v) is 4.76. The van der Waals surface area contributed by atoms with Crippen molar-refractivity contribution >= 4 is 22.3 Å². The molecule has 1 saturated heterocycles. The van der Waals surface area contributed by atoms with E-state index in [9.17, 15) is 5.11 Å². The van der Waals surface area contributed by atoms with Gasteiger partial charge in [0.2, 0.25) is 5.88 Å². The molecule has 1 aliphatic rings. The molecule has 0 unspecified atom stereocenters. The first kappa shape index (κ1) is 23.7. The van der Waals surface area contributed by atoms with E-state index < -0.39 is 0 Å². The van der Waals surface area contributed by atoms with Crippen LogP contribution in [0.15, 0.2) is 36.5 Å². The van der Waals surface area contributed by atoms with Crippen LogP contribution >= 0.6 is 0 Å². The number of fused-ring (bicyclic) bond motifs is 1. The monoisotopic (exact) mass is 437 g/mol. The van der Waals surface area contributed by atoms with E-state index in [-0.39, 0.29) is 28.6 Å². The van der Waals surface area contributed by atoms with Gasteiger partial charge in [-0.2, -0.15) is 0 Å². The summed E-state index contributed by atoms with van der Waals surface area (Å²) < 4.78 is 5.60. The van der Waals surface area contributed by atoms with Crippen LogP contribution in [0.1, 0.15) is 53.0 Å². The molecule has 3 rings (SSSR count). The number of ether oxygens (including phenoxy) is 1. The number of likely N-dealkylation sites (N-methyl/N-ethyl adjacent to an activating group) is 1. The van der Waals surface area contributed by atoms with E-state index in [4.69, 9.17) is 15.6 Å². The second kappa shape index (κ2) is 8.90. The number of nitrogens with one attached hydrogen (secondary N) is 3. The van der Waals surface area contributed by atoms with Gasteiger partial charge in [0.1, 0.15) is 11.6 Å². The van der Waals surface area contributed by atoms with E-state index in [0.717, 1.165) is 23.6 Å². The summed E-state index contributed by atoms with van der Waals surface area (Å²) in [6.07, 6.45) is 6.69. The molecule has 0 saturated carbocycles. The molecule has 7 heteroatoms. The summed E-state index contributed by atoms with van der Waals surface area (Å²) >= 11 is 0. The SMILES string of the molecule is CCOc1nccc2cc(O)c(C(=N)/C=C\C(=N)N(C)C3CC(C)(C)NC(C)(C)C3)cc12. The van der Waals surface area contributed by atoms with E-state index in [1.165, 1.54) is 0 Å². The molecule has 7 nitrogen and oxygen atoms in total. The van der Waals surface area contributed by atoms with Crippen molar-refractivity contribution in [2.75, 3.05) is 13.7 Å². The van der Waals surface area contributed by atoms with Crippen LogP contribution < -0.4 is 10.1 Å². The first-order valence-electron chi connectivity index (χ1n) is 11.0. The largest absolute Gasteiger partial charge is 0.507 e. The van der Waals surface area contributed by atoms with Crippen molar-refractivity contribution in [1.82, 2.24) is 15.2 Å². The number of allylic oxidation sites excluding steroid dienone is 1. The summed E-state index contributed by atoms with van der Waals surface area (Å²) in [6, 6.07) is 5.36. The molecule has 2 aromatic rings. The van der Waals surface area contributed by atoms with Crippen LogP contribution in [0.2, 0.25) is 0 Å². The molecule has 1 fully saturated rings. The summed E-state index contributed by atoms with van der Waals surface area (Å²) in [7, 11) is 1.94. The van der Waals surface area contributed by atoms with Gasteiger partial charge in [0.25, 0.3) is 0 Å². The van der Waals surface area contributed by atoms with E-state index >= 15 is 0 Å². The maximum absolute atomic E-state index is 10.5. The number of aromatic nitrogens is 1. The molecule has 4 N–H and O–H groups in total. The maximum Gasteiger partial charge on any atom is 0.221 e. The van der Waals surface area contributed by atoms with Crippen LogP contribution in [-0.2, 0) is 0 Å². The number of aromatic hydroxyl groups is 1. The lowest BCUT2D eigenvalue weighted by molar-refractivity contribution is 0.114. The van der Waals surface area contributed by atoms with E-state index in [2.05, 4.69) is 38.0 Å². The summed E-state index contributed by atoms with van der Waals surface area (Å²) in [5, 5.41) is 32.7. The van der Waals surface area contributed by atoms with Gasteiger partial charge >= 0.3 is 0 Å². The number of hydrogen-bond donors (Lipinski definition) is 4. The Morgan fingerprint density at radius 1 is 1.22 bits per heavy atom. The number of benzene rings is 1. The van der Waals surface area contributed by atoms with E-state index in [0.29, 0.717) is 23.9 Å². The third-order valence-electron chi connectivity index (χ3n) is 5.92. The molecule has 0 radical (unpaired) electrons. The highest BCUT2D eigenvalue weighted by atomic mass is 16.5. The zero-order valence-electron chi connectivity index (χ0n) is 19.9. The van der Waals surface area contributed by atoms with E-state index in [1.807, 2.05) is 18.9 Å². The van der Waals surface area contributed by atoms with Crippen molar-refractivity contribution in [3.8, 4) is 11.6 Å². The van der Waals surface area contributed by atoms with E-state index in [1.54, 1.807) is 36.5 Å². The lowest BCUT2D eigenvalue weighted by atomic mass is 9.79. The van der Waals surface area contributed by atoms with Crippen LogP contribution in [0.3, 0.4) is 0 Å². The van der Waals surface area contributed by atoms with Gasteiger partial charge in [0.05, 0.1) is 12.3 Å². The number of phenolic OH excluding ortho intramolecular Hbond substituents is 1. The summed E-state index contributed by atoms with van der Waals surface area (Å²) in [5.74, 6) is 0.833. The van der Waals surface area contributed by atoms with Gasteiger partial charge in [0, 0.05) is 41.3 Å². The standard InChI is InChI=1S/C25H35N5O2/c1-7-32-23-18-13-19(21(31)12-16(18)10-11-28-23)20(26)8-9-22(27)30(6)17-14-24(2,3)29-25(4,5)15-17/h8-13,17,26-27,29,31H,7,14-15H2,1-6H3/b9-8-,26-20?,27-22?. The molecule has 1 aromatic heterocycles. The smallest absolute Gasteiger partial charge is 0.221 e. The second-order valence-electron chi connectivity index (χ2n) is 9.84. The van der Waals surface area contributed by atoms with Gasteiger partial charge in [0.15, 0.2) is 0 Å². The zero-order chi connectivity index (χ0) is 23.7. The number of nitrogens with zero attached hydrogens (tertiary/aromatic N) is 2. The minimum Gasteiger partial charge on any atom is -0.507 e. The van der Waals surface area contributed by atoms with Gasteiger partial charge in [-0.3, -0.25) is 5.41 Å². The quantitative estimate of drug-likeness (QED) is 0.394. The van der Waals surface area contributed by atoms with Gasteiger partial charge in [-0.25, -0.2) is 4.98 Å². The highest BCUT2D eigenvalue weighted by Crippen LogP contribution is 2.32. The van der Waals surface area contributed by atoms with Crippen molar-refractivity contribution in [2.45, 2.75) is 64.6 Å². The summed E-state index contributed by atoms with van der Waals surface area (Å²) in [6.45, 7) is 11.1. The molecule has 0 aliphatic carbocycles. The average Bonchev–Trinajstić information content (AvgIpc) is 2.68. The number of pyridine rings is 1. The highest BCUT2D eigenvalue weighted by Gasteiger charge is 2.39. The number of hydrogen-bond acceptors (Lipinski definition) is 6. The molecule has 0 amide bonds. The fraction of sp³-hybridized carbons (Fsp3) is 0.480. The Balaban J connectivity index is 1.80. The van der Waals surface area contributed by atoms with Gasteiger partial charge < -0.3 is 25.5 Å². The maximum atomic E-state index is 10.5. The Bertz CT molecular complexity index is 1040. The molecule has 32 heavy (non-hydrogen) atoms. The van der Waals surface area contributed by atoms with Crippen LogP contribution in [0.5, 0.6) is 11.6 Å². The van der Waals surface area contributed by atoms with Crippen molar-refractivity contribution in [2.24, 2.45) is 0 Å². The molecule has 1 aromatic carbocycles. The van der Waals surface area contributed by atoms with Crippen LogP contribution in [-0.4, -0.2) is 57.3 Å². The Morgan fingerprint density at radius 2 is 1.88 bits per heavy atom. The van der Waals surface area contributed by atoms with Crippen molar-refractivity contribution in [3.63, 3.8) is 0 Å². The number of amidine groups is 1. The predicted molar refractivity (Wildman–Crippen MR) is 130 cm³/mol. The van der Waals surface area contributed by atoms with Gasteiger partial charge in [-0.15, -0.1) is 0 Å². The van der Waals surface area contributed by atoms with Gasteiger partial charge in [-0.05, 0) is 83.2 Å². The van der Waals surface area contributed by atoms with Crippen LogP contribution in [0.4, 0.5) is 0 Å². The van der Waals surface area contributed by atoms with Crippen LogP contribution in [0, 0.1) is 10.8 Å². The molecular formula is C25H35N5O2. The lowest BCUT2D eigenvalue weighted by Crippen LogP contribution is -2.62. The fourth-order valence-electron chi connectivity index (χ4n) is 4.76. The van der Waals surface area contributed by atoms with Gasteiger partial charge in [-0.1, -0.05) is 0 Å². The molecule has 2 heterocycles. The lowest BCUT2D eigenvalue weighted by Gasteiger charge is -2.49.